The van der Waals surface area contributed by atoms with Crippen LogP contribution in [0, 0.1) is 17.8 Å². The highest BCUT2D eigenvalue weighted by atomic mass is 16.5. The molecule has 2 aliphatic rings. The van der Waals surface area contributed by atoms with Gasteiger partial charge in [-0.1, -0.05) is 13.8 Å². The first-order chi connectivity index (χ1) is 7.18. The Labute approximate surface area is 92.2 Å². The topological polar surface area (TPSA) is 41.5 Å². The van der Waals surface area contributed by atoms with E-state index in [-0.39, 0.29) is 12.2 Å². The number of ether oxygens (including phenoxy) is 1. The number of hydrogen-bond acceptors (Lipinski definition) is 3. The monoisotopic (exact) mass is 213 g/mol. The Hall–Kier alpha value is -0.120. The first-order valence-electron chi connectivity index (χ1n) is 6.19. The highest BCUT2D eigenvalue weighted by molar-refractivity contribution is 4.97. The van der Waals surface area contributed by atoms with Gasteiger partial charge >= 0.3 is 0 Å². The van der Waals surface area contributed by atoms with Crippen LogP contribution in [0.4, 0.5) is 0 Å². The molecular weight excluding hydrogens is 190 g/mol. The molecule has 2 fully saturated rings. The summed E-state index contributed by atoms with van der Waals surface area (Å²) in [6.45, 7) is 5.93. The summed E-state index contributed by atoms with van der Waals surface area (Å²) in [5.74, 6) is 1.79. The second-order valence-corrected chi connectivity index (χ2v) is 5.45. The Morgan fingerprint density at radius 3 is 2.67 bits per heavy atom. The molecule has 0 aliphatic heterocycles. The molecule has 0 amide bonds. The van der Waals surface area contributed by atoms with Crippen LogP contribution < -0.4 is 5.32 Å². The standard InChI is InChI=1S/C12H23NO2/c1-8(2)6-13-7-15-12-10-4-3-9(5-10)11(12)14/h8-14H,3-7H2,1-2H3. The van der Waals surface area contributed by atoms with Crippen molar-refractivity contribution >= 4 is 0 Å². The van der Waals surface area contributed by atoms with Crippen LogP contribution in [0.25, 0.3) is 0 Å². The van der Waals surface area contributed by atoms with E-state index < -0.39 is 0 Å². The summed E-state index contributed by atoms with van der Waals surface area (Å²) >= 11 is 0. The van der Waals surface area contributed by atoms with Gasteiger partial charge in [-0.2, -0.15) is 0 Å². The predicted octanol–water partition coefficient (Wildman–Crippen LogP) is 1.37. The molecule has 2 N–H and O–H groups in total. The maximum atomic E-state index is 9.93. The summed E-state index contributed by atoms with van der Waals surface area (Å²) < 4.78 is 5.74. The number of fused-ring (bicyclic) bond motifs is 2. The maximum Gasteiger partial charge on any atom is 0.0970 e. The molecule has 2 bridgehead atoms. The molecule has 2 saturated carbocycles. The average Bonchev–Trinajstić information content (AvgIpc) is 2.74. The third-order valence-corrected chi connectivity index (χ3v) is 3.73. The molecular formula is C12H23NO2. The largest absolute Gasteiger partial charge is 0.390 e. The Balaban J connectivity index is 1.67. The second-order valence-electron chi connectivity index (χ2n) is 5.45. The number of aliphatic hydroxyl groups excluding tert-OH is 1. The molecule has 0 aromatic heterocycles. The summed E-state index contributed by atoms with van der Waals surface area (Å²) in [5, 5.41) is 13.2. The van der Waals surface area contributed by atoms with Crippen molar-refractivity contribution in [1.29, 1.82) is 0 Å². The molecule has 4 unspecified atom stereocenters. The normalized spacial score (nSPS) is 39.2. The second kappa shape index (κ2) is 4.81. The van der Waals surface area contributed by atoms with Gasteiger partial charge in [-0.3, -0.25) is 5.32 Å². The zero-order valence-corrected chi connectivity index (χ0v) is 9.78. The molecule has 0 radical (unpaired) electrons. The molecule has 0 heterocycles. The lowest BCUT2D eigenvalue weighted by Gasteiger charge is -2.27. The quantitative estimate of drug-likeness (QED) is 0.535. The first kappa shape index (κ1) is 11.4. The summed E-state index contributed by atoms with van der Waals surface area (Å²) in [5.41, 5.74) is 0. The van der Waals surface area contributed by atoms with Crippen molar-refractivity contribution in [3.63, 3.8) is 0 Å². The number of hydrogen-bond donors (Lipinski definition) is 2. The summed E-state index contributed by atoms with van der Waals surface area (Å²) in [7, 11) is 0. The van der Waals surface area contributed by atoms with Crippen LogP contribution in [-0.2, 0) is 4.74 Å². The lowest BCUT2D eigenvalue weighted by atomic mass is 9.95. The van der Waals surface area contributed by atoms with Crippen molar-refractivity contribution in [3.8, 4) is 0 Å². The van der Waals surface area contributed by atoms with Crippen molar-refractivity contribution in [3.05, 3.63) is 0 Å². The van der Waals surface area contributed by atoms with Gasteiger partial charge in [0.25, 0.3) is 0 Å². The van der Waals surface area contributed by atoms with Crippen LogP contribution in [-0.4, -0.2) is 30.6 Å². The average molecular weight is 213 g/mol. The van der Waals surface area contributed by atoms with Gasteiger partial charge in [0, 0.05) is 0 Å². The molecule has 0 saturated heterocycles. The lowest BCUT2D eigenvalue weighted by Crippen LogP contribution is -2.37. The van der Waals surface area contributed by atoms with Crippen LogP contribution >= 0.6 is 0 Å². The van der Waals surface area contributed by atoms with Gasteiger partial charge in [0.05, 0.1) is 18.9 Å². The minimum atomic E-state index is -0.204. The van der Waals surface area contributed by atoms with E-state index in [0.29, 0.717) is 24.5 Å². The molecule has 0 aromatic rings. The maximum absolute atomic E-state index is 9.93. The third-order valence-electron chi connectivity index (χ3n) is 3.73. The molecule has 88 valence electrons. The van der Waals surface area contributed by atoms with E-state index in [1.165, 1.54) is 19.3 Å². The fourth-order valence-electron chi connectivity index (χ4n) is 2.95. The van der Waals surface area contributed by atoms with Gasteiger partial charge in [-0.25, -0.2) is 0 Å². The Morgan fingerprint density at radius 1 is 1.33 bits per heavy atom. The van der Waals surface area contributed by atoms with E-state index in [9.17, 15) is 5.11 Å². The zero-order valence-electron chi connectivity index (χ0n) is 9.78. The van der Waals surface area contributed by atoms with Crippen LogP contribution in [0.3, 0.4) is 0 Å². The van der Waals surface area contributed by atoms with Gasteiger partial charge in [-0.15, -0.1) is 0 Å². The van der Waals surface area contributed by atoms with E-state index in [1.54, 1.807) is 0 Å². The van der Waals surface area contributed by atoms with Crippen LogP contribution in [0.5, 0.6) is 0 Å². The minimum Gasteiger partial charge on any atom is -0.390 e. The van der Waals surface area contributed by atoms with E-state index in [2.05, 4.69) is 19.2 Å². The molecule has 2 aliphatic carbocycles. The van der Waals surface area contributed by atoms with Gasteiger partial charge in [0.15, 0.2) is 0 Å². The minimum absolute atomic E-state index is 0.100. The SMILES string of the molecule is CC(C)CNCOC1C2CCC(C2)C1O. The number of nitrogens with one attached hydrogen (secondary N) is 1. The van der Waals surface area contributed by atoms with E-state index in [0.717, 1.165) is 6.54 Å². The van der Waals surface area contributed by atoms with E-state index in [1.807, 2.05) is 0 Å². The molecule has 3 heteroatoms. The van der Waals surface area contributed by atoms with E-state index >= 15 is 0 Å². The molecule has 0 aromatic carbocycles. The van der Waals surface area contributed by atoms with Gasteiger partial charge < -0.3 is 9.84 Å². The smallest absolute Gasteiger partial charge is 0.0970 e. The van der Waals surface area contributed by atoms with Crippen LogP contribution in [0.2, 0.25) is 0 Å². The van der Waals surface area contributed by atoms with Crippen LogP contribution in [0.1, 0.15) is 33.1 Å². The summed E-state index contributed by atoms with van der Waals surface area (Å²) in [6, 6.07) is 0. The van der Waals surface area contributed by atoms with Gasteiger partial charge in [-0.05, 0) is 43.6 Å². The molecule has 15 heavy (non-hydrogen) atoms. The molecule has 3 nitrogen and oxygen atoms in total. The van der Waals surface area contributed by atoms with Crippen LogP contribution in [0.15, 0.2) is 0 Å². The molecule has 4 atom stereocenters. The van der Waals surface area contributed by atoms with Gasteiger partial charge in [0.2, 0.25) is 0 Å². The van der Waals surface area contributed by atoms with Crippen molar-refractivity contribution in [2.75, 3.05) is 13.3 Å². The number of rotatable bonds is 5. The van der Waals surface area contributed by atoms with Gasteiger partial charge in [0.1, 0.15) is 0 Å². The summed E-state index contributed by atoms with van der Waals surface area (Å²) in [4.78, 5) is 0. The summed E-state index contributed by atoms with van der Waals surface area (Å²) in [6.07, 6.45) is 3.52. The van der Waals surface area contributed by atoms with Crippen molar-refractivity contribution in [1.82, 2.24) is 5.32 Å². The Kier molecular flexibility index (Phi) is 3.65. The van der Waals surface area contributed by atoms with Crippen molar-refractivity contribution in [2.45, 2.75) is 45.3 Å². The van der Waals surface area contributed by atoms with Crippen molar-refractivity contribution in [2.24, 2.45) is 17.8 Å². The Morgan fingerprint density at radius 2 is 2.07 bits per heavy atom. The first-order valence-corrected chi connectivity index (χ1v) is 6.19. The zero-order chi connectivity index (χ0) is 10.8. The third kappa shape index (κ3) is 2.52. The highest BCUT2D eigenvalue weighted by Gasteiger charge is 2.47. The van der Waals surface area contributed by atoms with Crippen molar-refractivity contribution < 1.29 is 9.84 Å². The Bertz CT molecular complexity index is 206. The number of aliphatic hydroxyl groups is 1. The fraction of sp³-hybridized carbons (Fsp3) is 1.00. The van der Waals surface area contributed by atoms with E-state index in [4.69, 9.17) is 4.74 Å². The highest BCUT2D eigenvalue weighted by Crippen LogP contribution is 2.45. The fourth-order valence-corrected chi connectivity index (χ4v) is 2.95. The predicted molar refractivity (Wildman–Crippen MR) is 59.4 cm³/mol. The lowest BCUT2D eigenvalue weighted by molar-refractivity contribution is -0.0706. The molecule has 0 spiro atoms. The molecule has 2 rings (SSSR count).